The van der Waals surface area contributed by atoms with E-state index in [0.29, 0.717) is 11.3 Å². The molecule has 0 aliphatic heterocycles. The van der Waals surface area contributed by atoms with Crippen molar-refractivity contribution in [1.29, 1.82) is 0 Å². The number of H-pyrrole nitrogens is 1. The maximum atomic E-state index is 12.5. The van der Waals surface area contributed by atoms with Gasteiger partial charge in [0, 0.05) is 24.2 Å². The zero-order valence-electron chi connectivity index (χ0n) is 16.8. The number of thiazole rings is 1. The highest BCUT2D eigenvalue weighted by atomic mass is 32.1. The first-order valence-corrected chi connectivity index (χ1v) is 10.2. The van der Waals surface area contributed by atoms with Crippen LogP contribution in [0.2, 0.25) is 0 Å². The summed E-state index contributed by atoms with van der Waals surface area (Å²) in [6.45, 7) is 0. The first kappa shape index (κ1) is 22.2. The molecule has 4 rings (SSSR count). The Balaban J connectivity index is 1.53. The summed E-state index contributed by atoms with van der Waals surface area (Å²) in [4.78, 5) is 47.6. The Morgan fingerprint density at radius 2 is 2.06 bits per heavy atom. The first-order valence-electron chi connectivity index (χ1n) is 9.29. The number of carbonyl (C=O) groups is 1. The van der Waals surface area contributed by atoms with Crippen molar-refractivity contribution in [2.24, 2.45) is 7.05 Å². The van der Waals surface area contributed by atoms with Crippen LogP contribution in [-0.2, 0) is 18.3 Å². The highest BCUT2D eigenvalue weighted by Gasteiger charge is 2.31. The Labute approximate surface area is 186 Å². The number of rotatable bonds is 5. The maximum Gasteiger partial charge on any atom is 0.573 e. The molecule has 0 fully saturated rings. The molecule has 0 saturated carbocycles. The summed E-state index contributed by atoms with van der Waals surface area (Å²) in [6, 6.07) is 6.76. The maximum absolute atomic E-state index is 12.5. The fourth-order valence-corrected chi connectivity index (χ4v) is 3.81. The van der Waals surface area contributed by atoms with Crippen molar-refractivity contribution in [3.05, 3.63) is 68.4 Å². The number of pyridine rings is 1. The lowest BCUT2D eigenvalue weighted by Gasteiger charge is -2.09. The Kier molecular flexibility index (Phi) is 5.72. The molecule has 0 radical (unpaired) electrons. The smallest absolute Gasteiger partial charge is 0.406 e. The molecular formula is C20H14F3N5O4S. The number of halogens is 3. The summed E-state index contributed by atoms with van der Waals surface area (Å²) < 4.78 is 42.1. The number of benzene rings is 1. The fraction of sp³-hybridized carbons (Fsp3) is 0.150. The molecule has 0 saturated heterocycles. The van der Waals surface area contributed by atoms with E-state index in [9.17, 15) is 27.6 Å². The molecule has 0 bridgehead atoms. The van der Waals surface area contributed by atoms with E-state index in [2.05, 4.69) is 25.0 Å². The lowest BCUT2D eigenvalue weighted by molar-refractivity contribution is -0.274. The summed E-state index contributed by atoms with van der Waals surface area (Å²) in [6.07, 6.45) is -3.70. The molecule has 0 aliphatic rings. The molecular weight excluding hydrogens is 463 g/mol. The first-order chi connectivity index (χ1) is 15.6. The van der Waals surface area contributed by atoms with E-state index in [4.69, 9.17) is 0 Å². The molecule has 0 spiro atoms. The quantitative estimate of drug-likeness (QED) is 0.456. The van der Waals surface area contributed by atoms with Crippen LogP contribution in [0.5, 0.6) is 5.75 Å². The molecule has 1 aromatic carbocycles. The average Bonchev–Trinajstić information content (AvgIpc) is 3.19. The number of ether oxygens (including phenoxy) is 1. The summed E-state index contributed by atoms with van der Waals surface area (Å²) in [5, 5.41) is 4.48. The largest absolute Gasteiger partial charge is 0.573 e. The van der Waals surface area contributed by atoms with Gasteiger partial charge in [-0.05, 0) is 18.2 Å². The summed E-state index contributed by atoms with van der Waals surface area (Å²) >= 11 is 1.07. The molecule has 0 aliphatic carbocycles. The van der Waals surface area contributed by atoms with Crippen molar-refractivity contribution in [3.63, 3.8) is 0 Å². The van der Waals surface area contributed by atoms with Crippen LogP contribution in [0.25, 0.3) is 22.2 Å². The van der Waals surface area contributed by atoms with Gasteiger partial charge < -0.3 is 15.0 Å². The zero-order valence-corrected chi connectivity index (χ0v) is 17.6. The predicted octanol–water partition coefficient (Wildman–Crippen LogP) is 2.83. The second kappa shape index (κ2) is 8.50. The molecule has 3 heterocycles. The third-order valence-electron chi connectivity index (χ3n) is 4.54. The Hall–Kier alpha value is -4.00. The van der Waals surface area contributed by atoms with Crippen LogP contribution < -0.4 is 21.3 Å². The third kappa shape index (κ3) is 4.92. The van der Waals surface area contributed by atoms with Crippen LogP contribution in [0.1, 0.15) is 5.69 Å². The molecule has 1 amide bonds. The monoisotopic (exact) mass is 477 g/mol. The standard InChI is InChI=1S/C20H14F3N5O4S/c1-28-17(30)16-12(26-19(28)31)5-6-24-13(16)8-15(29)27-18-25-14(9-33-18)10-3-2-4-11(7-10)32-20(21,22)23/h2-7,9H,8H2,1H3,(H,26,31)(H,25,27,29). The SMILES string of the molecule is Cn1c(=O)[nH]c2ccnc(CC(=O)Nc3nc(-c4cccc(OC(F)(F)F)c4)cs3)c2c1=O. The normalized spacial score (nSPS) is 11.5. The van der Waals surface area contributed by atoms with Crippen LogP contribution in [-0.4, -0.2) is 31.8 Å². The van der Waals surface area contributed by atoms with Crippen molar-refractivity contribution in [2.75, 3.05) is 5.32 Å². The number of aromatic nitrogens is 4. The van der Waals surface area contributed by atoms with Gasteiger partial charge in [-0.2, -0.15) is 0 Å². The minimum absolute atomic E-state index is 0.121. The number of hydrogen-bond donors (Lipinski definition) is 2. The molecule has 2 N–H and O–H groups in total. The predicted molar refractivity (Wildman–Crippen MR) is 114 cm³/mol. The number of hydrogen-bond acceptors (Lipinski definition) is 7. The number of nitrogens with one attached hydrogen (secondary N) is 2. The van der Waals surface area contributed by atoms with Crippen molar-refractivity contribution < 1.29 is 22.7 Å². The van der Waals surface area contributed by atoms with Gasteiger partial charge in [-0.15, -0.1) is 24.5 Å². The molecule has 33 heavy (non-hydrogen) atoms. The fourth-order valence-electron chi connectivity index (χ4n) is 3.07. The van der Waals surface area contributed by atoms with E-state index in [1.54, 1.807) is 11.4 Å². The van der Waals surface area contributed by atoms with Crippen LogP contribution in [0.15, 0.2) is 51.5 Å². The van der Waals surface area contributed by atoms with Crippen molar-refractivity contribution >= 4 is 33.3 Å². The van der Waals surface area contributed by atoms with E-state index in [0.717, 1.165) is 15.9 Å². The number of aromatic amines is 1. The number of fused-ring (bicyclic) bond motifs is 1. The van der Waals surface area contributed by atoms with Crippen LogP contribution in [0, 0.1) is 0 Å². The highest BCUT2D eigenvalue weighted by Crippen LogP contribution is 2.30. The van der Waals surface area contributed by atoms with Gasteiger partial charge in [-0.1, -0.05) is 12.1 Å². The van der Waals surface area contributed by atoms with Gasteiger partial charge >= 0.3 is 12.1 Å². The van der Waals surface area contributed by atoms with Crippen molar-refractivity contribution in [2.45, 2.75) is 12.8 Å². The van der Waals surface area contributed by atoms with E-state index in [1.165, 1.54) is 37.5 Å². The van der Waals surface area contributed by atoms with Gasteiger partial charge in [-0.3, -0.25) is 19.1 Å². The van der Waals surface area contributed by atoms with Crippen LogP contribution in [0.3, 0.4) is 0 Å². The summed E-state index contributed by atoms with van der Waals surface area (Å²) in [5.41, 5.74) is -0.0143. The van der Waals surface area contributed by atoms with Gasteiger partial charge in [0.25, 0.3) is 5.56 Å². The van der Waals surface area contributed by atoms with Gasteiger partial charge in [0.1, 0.15) is 5.75 Å². The second-order valence-electron chi connectivity index (χ2n) is 6.81. The number of carbonyl (C=O) groups excluding carboxylic acids is 1. The lowest BCUT2D eigenvalue weighted by atomic mass is 10.1. The molecule has 170 valence electrons. The van der Waals surface area contributed by atoms with E-state index in [1.807, 2.05) is 0 Å². The summed E-state index contributed by atoms with van der Waals surface area (Å²) in [7, 11) is 1.31. The zero-order chi connectivity index (χ0) is 23.8. The minimum atomic E-state index is -4.82. The Morgan fingerprint density at radius 3 is 2.82 bits per heavy atom. The third-order valence-corrected chi connectivity index (χ3v) is 5.29. The van der Waals surface area contributed by atoms with Crippen LogP contribution in [0.4, 0.5) is 18.3 Å². The minimum Gasteiger partial charge on any atom is -0.406 e. The highest BCUT2D eigenvalue weighted by molar-refractivity contribution is 7.14. The van der Waals surface area contributed by atoms with Crippen LogP contribution >= 0.6 is 11.3 Å². The molecule has 4 aromatic rings. The van der Waals surface area contributed by atoms with Crippen molar-refractivity contribution in [1.82, 2.24) is 19.5 Å². The number of amides is 1. The molecule has 0 atom stereocenters. The topological polar surface area (TPSA) is 119 Å². The van der Waals surface area contributed by atoms with Crippen molar-refractivity contribution in [3.8, 4) is 17.0 Å². The van der Waals surface area contributed by atoms with Gasteiger partial charge in [0.05, 0.1) is 28.7 Å². The molecule has 0 unspecified atom stereocenters. The number of nitrogens with zero attached hydrogens (tertiary/aromatic N) is 3. The van der Waals surface area contributed by atoms with E-state index in [-0.39, 0.29) is 33.9 Å². The summed E-state index contributed by atoms with van der Waals surface area (Å²) in [5.74, 6) is -0.904. The Bertz CT molecular complexity index is 1480. The van der Waals surface area contributed by atoms with E-state index < -0.39 is 23.5 Å². The molecule has 9 nitrogen and oxygen atoms in total. The van der Waals surface area contributed by atoms with Gasteiger partial charge in [0.2, 0.25) is 5.91 Å². The number of alkyl halides is 3. The second-order valence-corrected chi connectivity index (χ2v) is 7.67. The number of anilines is 1. The molecule has 3 aromatic heterocycles. The molecule has 13 heteroatoms. The van der Waals surface area contributed by atoms with E-state index >= 15 is 0 Å². The lowest BCUT2D eigenvalue weighted by Crippen LogP contribution is -2.33. The van der Waals surface area contributed by atoms with Gasteiger partial charge in [0.15, 0.2) is 5.13 Å². The Morgan fingerprint density at radius 1 is 1.27 bits per heavy atom. The average molecular weight is 477 g/mol. The van der Waals surface area contributed by atoms with Gasteiger partial charge in [-0.25, -0.2) is 9.78 Å².